The highest BCUT2D eigenvalue weighted by Gasteiger charge is 2.09. The Morgan fingerprint density at radius 2 is 2.10 bits per heavy atom. The van der Waals surface area contributed by atoms with Crippen molar-refractivity contribution in [3.8, 4) is 0 Å². The van der Waals surface area contributed by atoms with Gasteiger partial charge in [-0.05, 0) is 30.7 Å². The van der Waals surface area contributed by atoms with Gasteiger partial charge in [-0.2, -0.15) is 0 Å². The topological polar surface area (TPSA) is 46.6 Å². The van der Waals surface area contributed by atoms with Crippen molar-refractivity contribution >= 4 is 27.7 Å². The van der Waals surface area contributed by atoms with Crippen LogP contribution in [0.4, 0.5) is 11.4 Å². The molecule has 3 aromatic rings. The molecule has 0 aliphatic carbocycles. The molecular weight excluding hydrogens is 268 g/mol. The molecule has 0 saturated carbocycles. The molecule has 20 heavy (non-hydrogen) atoms. The van der Waals surface area contributed by atoms with E-state index < -0.39 is 0 Å². The van der Waals surface area contributed by atoms with Crippen LogP contribution in [0, 0.1) is 0 Å². The first-order valence-corrected chi connectivity index (χ1v) is 7.66. The van der Waals surface area contributed by atoms with Crippen molar-refractivity contribution in [1.82, 2.24) is 9.38 Å². The highest BCUT2D eigenvalue weighted by molar-refractivity contribution is 7.15. The highest BCUT2D eigenvalue weighted by Crippen LogP contribution is 2.20. The number of imidazole rings is 1. The molecule has 0 bridgehead atoms. The fourth-order valence-corrected chi connectivity index (χ4v) is 3.02. The lowest BCUT2D eigenvalue weighted by atomic mass is 10.2. The summed E-state index contributed by atoms with van der Waals surface area (Å²) in [6.07, 6.45) is 5.25. The van der Waals surface area contributed by atoms with Crippen LogP contribution in [0.5, 0.6) is 0 Å². The van der Waals surface area contributed by atoms with Gasteiger partial charge in [0.15, 0.2) is 4.96 Å². The van der Waals surface area contributed by atoms with Gasteiger partial charge < -0.3 is 10.6 Å². The summed E-state index contributed by atoms with van der Waals surface area (Å²) >= 11 is 1.66. The van der Waals surface area contributed by atoms with Crippen molar-refractivity contribution in [2.24, 2.45) is 0 Å². The lowest BCUT2D eigenvalue weighted by Crippen LogP contribution is -2.23. The molecule has 3 rings (SSSR count). The van der Waals surface area contributed by atoms with Gasteiger partial charge in [0.25, 0.3) is 0 Å². The molecule has 5 heteroatoms. The second kappa shape index (κ2) is 5.54. The fraction of sp³-hybridized carbons (Fsp3) is 0.267. The molecule has 2 heterocycles. The lowest BCUT2D eigenvalue weighted by molar-refractivity contribution is 0.757. The molecule has 4 nitrogen and oxygen atoms in total. The standard InChI is InChI=1S/C15H18N4S/c1-2-7-18(14-5-3-12(16)4-6-14)10-13-11-19-8-9-20-15(19)17-13/h3-6,8-9,11H,2,7,10,16H2,1H3. The molecule has 0 atom stereocenters. The number of aromatic nitrogens is 2. The van der Waals surface area contributed by atoms with Crippen LogP contribution in [-0.2, 0) is 6.54 Å². The van der Waals surface area contributed by atoms with Gasteiger partial charge >= 0.3 is 0 Å². The van der Waals surface area contributed by atoms with Crippen LogP contribution in [0.3, 0.4) is 0 Å². The smallest absolute Gasteiger partial charge is 0.193 e. The molecule has 0 fully saturated rings. The number of nitrogen functional groups attached to an aromatic ring is 1. The zero-order chi connectivity index (χ0) is 13.9. The third-order valence-electron chi connectivity index (χ3n) is 3.25. The van der Waals surface area contributed by atoms with E-state index in [0.29, 0.717) is 0 Å². The van der Waals surface area contributed by atoms with E-state index in [2.05, 4.69) is 44.9 Å². The number of thiazole rings is 1. The first-order chi connectivity index (χ1) is 9.76. The minimum absolute atomic E-state index is 0.799. The predicted molar refractivity (Wildman–Crippen MR) is 85.3 cm³/mol. The number of benzene rings is 1. The minimum atomic E-state index is 0.799. The van der Waals surface area contributed by atoms with Gasteiger partial charge in [0.05, 0.1) is 12.2 Å². The number of rotatable bonds is 5. The molecule has 0 spiro atoms. The van der Waals surface area contributed by atoms with Crippen molar-refractivity contribution < 1.29 is 0 Å². The molecule has 0 unspecified atom stereocenters. The van der Waals surface area contributed by atoms with E-state index in [0.717, 1.165) is 35.9 Å². The third-order valence-corrected chi connectivity index (χ3v) is 4.02. The first kappa shape index (κ1) is 13.0. The maximum atomic E-state index is 5.76. The van der Waals surface area contributed by atoms with Crippen LogP contribution in [0.1, 0.15) is 19.0 Å². The zero-order valence-electron chi connectivity index (χ0n) is 11.5. The van der Waals surface area contributed by atoms with E-state index in [1.165, 1.54) is 5.69 Å². The monoisotopic (exact) mass is 286 g/mol. The summed E-state index contributed by atoms with van der Waals surface area (Å²) in [5.41, 5.74) is 8.85. The predicted octanol–water partition coefficient (Wildman–Crippen LogP) is 3.39. The van der Waals surface area contributed by atoms with Gasteiger partial charge in [0.1, 0.15) is 0 Å². The Kier molecular flexibility index (Phi) is 3.60. The van der Waals surface area contributed by atoms with Crippen molar-refractivity contribution in [3.63, 3.8) is 0 Å². The molecule has 0 aliphatic rings. The Bertz CT molecular complexity index is 655. The van der Waals surface area contributed by atoms with E-state index in [9.17, 15) is 0 Å². The van der Waals surface area contributed by atoms with Gasteiger partial charge in [0.2, 0.25) is 0 Å². The molecular formula is C15H18N4S. The number of fused-ring (bicyclic) bond motifs is 1. The molecule has 0 amide bonds. The van der Waals surface area contributed by atoms with Crippen molar-refractivity contribution in [1.29, 1.82) is 0 Å². The number of hydrogen-bond acceptors (Lipinski definition) is 4. The average Bonchev–Trinajstić information content (AvgIpc) is 3.00. The zero-order valence-corrected chi connectivity index (χ0v) is 12.3. The van der Waals surface area contributed by atoms with E-state index in [1.807, 2.05) is 18.3 Å². The Labute approximate surface area is 122 Å². The minimum Gasteiger partial charge on any atom is -0.399 e. The fourth-order valence-electron chi connectivity index (χ4n) is 2.30. The van der Waals surface area contributed by atoms with Crippen molar-refractivity contribution in [3.05, 3.63) is 47.7 Å². The van der Waals surface area contributed by atoms with Crippen LogP contribution < -0.4 is 10.6 Å². The summed E-state index contributed by atoms with van der Waals surface area (Å²) in [6.45, 7) is 4.03. The van der Waals surface area contributed by atoms with Gasteiger partial charge in [0, 0.05) is 35.7 Å². The highest BCUT2D eigenvalue weighted by atomic mass is 32.1. The number of anilines is 2. The summed E-state index contributed by atoms with van der Waals surface area (Å²) in [5, 5.41) is 2.05. The maximum absolute atomic E-state index is 5.76. The lowest BCUT2D eigenvalue weighted by Gasteiger charge is -2.23. The molecule has 0 saturated heterocycles. The number of nitrogens with two attached hydrogens (primary N) is 1. The molecule has 2 N–H and O–H groups in total. The number of nitrogens with zero attached hydrogens (tertiary/aromatic N) is 3. The first-order valence-electron chi connectivity index (χ1n) is 6.78. The molecule has 1 aromatic carbocycles. The van der Waals surface area contributed by atoms with Crippen molar-refractivity contribution in [2.75, 3.05) is 17.2 Å². The van der Waals surface area contributed by atoms with Gasteiger partial charge in [-0.1, -0.05) is 6.92 Å². The summed E-state index contributed by atoms with van der Waals surface area (Å²) < 4.78 is 2.08. The summed E-state index contributed by atoms with van der Waals surface area (Å²) in [7, 11) is 0. The summed E-state index contributed by atoms with van der Waals surface area (Å²) in [4.78, 5) is 8.04. The summed E-state index contributed by atoms with van der Waals surface area (Å²) in [5.74, 6) is 0. The Morgan fingerprint density at radius 3 is 2.80 bits per heavy atom. The third kappa shape index (κ3) is 2.63. The Hall–Kier alpha value is -2.01. The van der Waals surface area contributed by atoms with E-state index >= 15 is 0 Å². The quantitative estimate of drug-likeness (QED) is 0.731. The number of hydrogen-bond donors (Lipinski definition) is 1. The second-order valence-electron chi connectivity index (χ2n) is 4.84. The van der Waals surface area contributed by atoms with Crippen molar-refractivity contribution in [2.45, 2.75) is 19.9 Å². The summed E-state index contributed by atoms with van der Waals surface area (Å²) in [6, 6.07) is 8.04. The molecule has 2 aromatic heterocycles. The second-order valence-corrected chi connectivity index (χ2v) is 5.71. The molecule has 104 valence electrons. The normalized spacial score (nSPS) is 11.1. The average molecular weight is 286 g/mol. The van der Waals surface area contributed by atoms with Crippen LogP contribution in [-0.4, -0.2) is 15.9 Å². The molecule has 0 radical (unpaired) electrons. The Morgan fingerprint density at radius 1 is 1.30 bits per heavy atom. The van der Waals surface area contributed by atoms with E-state index in [-0.39, 0.29) is 0 Å². The van der Waals surface area contributed by atoms with Crippen LogP contribution in [0.25, 0.3) is 4.96 Å². The van der Waals surface area contributed by atoms with Crippen LogP contribution in [0.2, 0.25) is 0 Å². The largest absolute Gasteiger partial charge is 0.399 e. The Balaban J connectivity index is 1.83. The van der Waals surface area contributed by atoms with Gasteiger partial charge in [-0.25, -0.2) is 4.98 Å². The van der Waals surface area contributed by atoms with Crippen LogP contribution in [0.15, 0.2) is 42.0 Å². The van der Waals surface area contributed by atoms with E-state index in [4.69, 9.17) is 5.73 Å². The van der Waals surface area contributed by atoms with Gasteiger partial charge in [-0.15, -0.1) is 11.3 Å². The molecule has 0 aliphatic heterocycles. The van der Waals surface area contributed by atoms with E-state index in [1.54, 1.807) is 11.3 Å². The maximum Gasteiger partial charge on any atom is 0.193 e. The SMILES string of the molecule is CCCN(Cc1cn2ccsc2n1)c1ccc(N)cc1. The van der Waals surface area contributed by atoms with Crippen LogP contribution >= 0.6 is 11.3 Å². The van der Waals surface area contributed by atoms with Gasteiger partial charge in [-0.3, -0.25) is 4.40 Å².